The summed E-state index contributed by atoms with van der Waals surface area (Å²) in [5.41, 5.74) is 0.368. The van der Waals surface area contributed by atoms with Gasteiger partial charge in [-0.05, 0) is 12.1 Å². The molecule has 0 saturated carbocycles. The number of benzene rings is 1. The molecule has 1 heterocycles. The molecule has 5 nitrogen and oxygen atoms in total. The van der Waals surface area contributed by atoms with Gasteiger partial charge in [-0.15, -0.1) is 0 Å². The highest BCUT2D eigenvalue weighted by Crippen LogP contribution is 2.26. The van der Waals surface area contributed by atoms with Crippen molar-refractivity contribution in [1.82, 2.24) is 3.97 Å². The Labute approximate surface area is 80.6 Å². The second kappa shape index (κ2) is 2.73. The molecule has 0 saturated heterocycles. The van der Waals surface area contributed by atoms with Gasteiger partial charge < -0.3 is 5.11 Å². The minimum absolute atomic E-state index is 0.102. The zero-order valence-corrected chi connectivity index (χ0v) is 7.90. The Bertz CT molecular complexity index is 586. The first-order valence-corrected chi connectivity index (χ1v) is 5.33. The second-order valence-electron chi connectivity index (χ2n) is 2.87. The fourth-order valence-corrected chi connectivity index (χ4v) is 2.02. The van der Waals surface area contributed by atoms with Gasteiger partial charge in [0.15, 0.2) is 0 Å². The molecule has 1 aromatic heterocycles. The molecule has 0 amide bonds. The van der Waals surface area contributed by atoms with Gasteiger partial charge >= 0.3 is 10.2 Å². The van der Waals surface area contributed by atoms with Gasteiger partial charge in [-0.2, -0.15) is 8.42 Å². The molecule has 0 spiro atoms. The van der Waals surface area contributed by atoms with Crippen molar-refractivity contribution in [2.75, 3.05) is 0 Å². The van der Waals surface area contributed by atoms with Crippen LogP contribution in [0.1, 0.15) is 0 Å². The molecular weight excluding hydrogens is 204 g/mol. The first-order valence-electron chi connectivity index (χ1n) is 3.82. The standard InChI is InChI=1S/C8H8N2O3S/c9-14(12,13)10-5-8(11)6-3-1-2-4-7(6)10/h1-5,11H,(H2,9,12,13). The lowest BCUT2D eigenvalue weighted by molar-refractivity contribution is 0.480. The monoisotopic (exact) mass is 212 g/mol. The molecule has 0 aliphatic carbocycles. The Hall–Kier alpha value is -1.53. The second-order valence-corrected chi connectivity index (χ2v) is 4.30. The number of rotatable bonds is 1. The van der Waals surface area contributed by atoms with Gasteiger partial charge in [-0.3, -0.25) is 0 Å². The normalized spacial score (nSPS) is 12.1. The fraction of sp³-hybridized carbons (Fsp3) is 0. The number of aromatic nitrogens is 1. The minimum atomic E-state index is -3.85. The van der Waals surface area contributed by atoms with Crippen molar-refractivity contribution in [1.29, 1.82) is 0 Å². The summed E-state index contributed by atoms with van der Waals surface area (Å²) >= 11 is 0. The van der Waals surface area contributed by atoms with E-state index in [9.17, 15) is 13.5 Å². The maximum atomic E-state index is 11.1. The first-order chi connectivity index (χ1) is 6.50. The van der Waals surface area contributed by atoms with Crippen LogP contribution in [0.4, 0.5) is 0 Å². The van der Waals surface area contributed by atoms with Gasteiger partial charge in [0.2, 0.25) is 0 Å². The van der Waals surface area contributed by atoms with E-state index in [4.69, 9.17) is 5.14 Å². The summed E-state index contributed by atoms with van der Waals surface area (Å²) in [6.45, 7) is 0. The molecule has 2 rings (SSSR count). The predicted octanol–water partition coefficient (Wildman–Crippen LogP) is 0.399. The number of nitrogens with two attached hydrogens (primary N) is 1. The Morgan fingerprint density at radius 2 is 1.93 bits per heavy atom. The van der Waals surface area contributed by atoms with Crippen LogP contribution in [-0.2, 0) is 10.2 Å². The zero-order chi connectivity index (χ0) is 10.3. The molecule has 0 unspecified atom stereocenters. The van der Waals surface area contributed by atoms with Crippen molar-refractivity contribution in [3.8, 4) is 5.75 Å². The highest BCUT2D eigenvalue weighted by Gasteiger charge is 2.13. The van der Waals surface area contributed by atoms with Gasteiger partial charge in [-0.25, -0.2) is 9.11 Å². The van der Waals surface area contributed by atoms with Crippen molar-refractivity contribution in [3.63, 3.8) is 0 Å². The number of fused-ring (bicyclic) bond motifs is 1. The molecule has 2 aromatic rings. The molecule has 74 valence electrons. The molecule has 0 bridgehead atoms. The van der Waals surface area contributed by atoms with Crippen molar-refractivity contribution in [3.05, 3.63) is 30.5 Å². The Morgan fingerprint density at radius 1 is 1.29 bits per heavy atom. The molecule has 6 heteroatoms. The average Bonchev–Trinajstić information content (AvgIpc) is 2.44. The van der Waals surface area contributed by atoms with E-state index in [1.54, 1.807) is 24.3 Å². The van der Waals surface area contributed by atoms with Gasteiger partial charge in [0, 0.05) is 5.39 Å². The van der Waals surface area contributed by atoms with Crippen molar-refractivity contribution < 1.29 is 13.5 Å². The predicted molar refractivity (Wildman–Crippen MR) is 52.1 cm³/mol. The van der Waals surface area contributed by atoms with E-state index in [2.05, 4.69) is 0 Å². The van der Waals surface area contributed by atoms with Crippen LogP contribution in [0.25, 0.3) is 10.9 Å². The van der Waals surface area contributed by atoms with Crippen molar-refractivity contribution >= 4 is 21.1 Å². The summed E-state index contributed by atoms with van der Waals surface area (Å²) in [6.07, 6.45) is 1.08. The smallest absolute Gasteiger partial charge is 0.303 e. The van der Waals surface area contributed by atoms with Crippen LogP contribution in [0, 0.1) is 0 Å². The fourth-order valence-electron chi connectivity index (χ4n) is 1.34. The van der Waals surface area contributed by atoms with E-state index in [1.165, 1.54) is 0 Å². The van der Waals surface area contributed by atoms with E-state index in [1.807, 2.05) is 0 Å². The Morgan fingerprint density at radius 3 is 2.57 bits per heavy atom. The highest BCUT2D eigenvalue weighted by molar-refractivity contribution is 7.87. The highest BCUT2D eigenvalue weighted by atomic mass is 32.2. The summed E-state index contributed by atoms with van der Waals surface area (Å²) in [7, 11) is -3.85. The van der Waals surface area contributed by atoms with Crippen molar-refractivity contribution in [2.24, 2.45) is 5.14 Å². The van der Waals surface area contributed by atoms with Gasteiger partial charge in [0.1, 0.15) is 5.75 Å². The average molecular weight is 212 g/mol. The van der Waals surface area contributed by atoms with E-state index < -0.39 is 10.2 Å². The molecule has 14 heavy (non-hydrogen) atoms. The minimum Gasteiger partial charge on any atom is -0.506 e. The van der Waals surface area contributed by atoms with Crippen LogP contribution in [0.2, 0.25) is 0 Å². The lowest BCUT2D eigenvalue weighted by atomic mass is 10.2. The number of aromatic hydroxyl groups is 1. The number of para-hydroxylation sites is 1. The van der Waals surface area contributed by atoms with E-state index in [-0.39, 0.29) is 5.75 Å². The number of hydrogen-bond acceptors (Lipinski definition) is 3. The molecule has 0 radical (unpaired) electrons. The molecule has 0 fully saturated rings. The van der Waals surface area contributed by atoms with Crippen LogP contribution in [0.15, 0.2) is 30.5 Å². The third-order valence-corrected chi connectivity index (χ3v) is 2.78. The van der Waals surface area contributed by atoms with Gasteiger partial charge in [0.05, 0.1) is 11.7 Å². The van der Waals surface area contributed by atoms with E-state index in [0.717, 1.165) is 10.2 Å². The summed E-state index contributed by atoms with van der Waals surface area (Å²) < 4.78 is 23.0. The van der Waals surface area contributed by atoms with E-state index in [0.29, 0.717) is 10.9 Å². The van der Waals surface area contributed by atoms with Crippen LogP contribution >= 0.6 is 0 Å². The summed E-state index contributed by atoms with van der Waals surface area (Å²) in [6, 6.07) is 6.56. The topological polar surface area (TPSA) is 85.3 Å². The lowest BCUT2D eigenvalue weighted by Crippen LogP contribution is -2.20. The maximum absolute atomic E-state index is 11.1. The van der Waals surface area contributed by atoms with E-state index >= 15 is 0 Å². The molecular formula is C8H8N2O3S. The summed E-state index contributed by atoms with van der Waals surface area (Å²) in [4.78, 5) is 0. The third-order valence-electron chi connectivity index (χ3n) is 1.93. The quantitative estimate of drug-likeness (QED) is 0.717. The maximum Gasteiger partial charge on any atom is 0.303 e. The van der Waals surface area contributed by atoms with Gasteiger partial charge in [0.25, 0.3) is 0 Å². The summed E-state index contributed by atoms with van der Waals surface area (Å²) in [5, 5.41) is 14.8. The molecule has 3 N–H and O–H groups in total. The van der Waals surface area contributed by atoms with Crippen LogP contribution in [0.5, 0.6) is 5.75 Å². The van der Waals surface area contributed by atoms with Crippen LogP contribution in [-0.4, -0.2) is 17.5 Å². The molecule has 0 aliphatic rings. The number of nitrogens with zero attached hydrogens (tertiary/aromatic N) is 1. The Kier molecular flexibility index (Phi) is 1.76. The van der Waals surface area contributed by atoms with Crippen LogP contribution in [0.3, 0.4) is 0 Å². The lowest BCUT2D eigenvalue weighted by Gasteiger charge is -1.99. The summed E-state index contributed by atoms with van der Waals surface area (Å²) in [5.74, 6) is -0.102. The van der Waals surface area contributed by atoms with Crippen molar-refractivity contribution in [2.45, 2.75) is 0 Å². The molecule has 0 aliphatic heterocycles. The SMILES string of the molecule is NS(=O)(=O)n1cc(O)c2ccccc21. The first kappa shape index (κ1) is 9.04. The third kappa shape index (κ3) is 1.24. The molecule has 0 atom stereocenters. The zero-order valence-electron chi connectivity index (χ0n) is 7.08. The molecule has 1 aromatic carbocycles. The van der Waals surface area contributed by atoms with Crippen LogP contribution < -0.4 is 5.14 Å². The Balaban J connectivity index is 2.93. The number of hydrogen-bond donors (Lipinski definition) is 2. The largest absolute Gasteiger partial charge is 0.506 e. The van der Waals surface area contributed by atoms with Gasteiger partial charge in [-0.1, -0.05) is 12.1 Å².